The van der Waals surface area contributed by atoms with Gasteiger partial charge in [-0.2, -0.15) is 0 Å². The fourth-order valence-corrected chi connectivity index (χ4v) is 2.30. The topological polar surface area (TPSA) is 12.0 Å². The van der Waals surface area contributed by atoms with Gasteiger partial charge in [-0.3, -0.25) is 0 Å². The maximum absolute atomic E-state index is 5.90. The van der Waals surface area contributed by atoms with Crippen LogP contribution in [-0.2, 0) is 6.54 Å². The van der Waals surface area contributed by atoms with Gasteiger partial charge in [0.15, 0.2) is 0 Å². The van der Waals surface area contributed by atoms with Gasteiger partial charge in [0.25, 0.3) is 0 Å². The molecule has 0 aliphatic rings. The summed E-state index contributed by atoms with van der Waals surface area (Å²) < 4.78 is 0. The van der Waals surface area contributed by atoms with Crippen molar-refractivity contribution in [3.05, 3.63) is 69.7 Å². The first-order valence-corrected chi connectivity index (χ1v) is 6.99. The summed E-state index contributed by atoms with van der Waals surface area (Å²) in [6.07, 6.45) is 0. The third-order valence-electron chi connectivity index (χ3n) is 3.47. The summed E-state index contributed by atoms with van der Waals surface area (Å²) in [5, 5.41) is 4.33. The van der Waals surface area contributed by atoms with Crippen molar-refractivity contribution in [2.45, 2.75) is 33.4 Å². The molecule has 2 heteroatoms. The highest BCUT2D eigenvalue weighted by Crippen LogP contribution is 2.17. The lowest BCUT2D eigenvalue weighted by Crippen LogP contribution is -2.18. The fourth-order valence-electron chi connectivity index (χ4n) is 2.18. The maximum Gasteiger partial charge on any atom is 0.0406 e. The molecule has 0 saturated heterocycles. The van der Waals surface area contributed by atoms with E-state index in [4.69, 9.17) is 11.6 Å². The van der Waals surface area contributed by atoms with Crippen LogP contribution in [0.5, 0.6) is 0 Å². The molecule has 1 N–H and O–H groups in total. The molecule has 100 valence electrons. The SMILES string of the molecule is Cc1ccc(CN[C@@H](C)c2ccc(Cl)cc2)c(C)c1. The average molecular weight is 274 g/mol. The molecule has 0 unspecified atom stereocenters. The third-order valence-corrected chi connectivity index (χ3v) is 3.72. The summed E-state index contributed by atoms with van der Waals surface area (Å²) in [5.74, 6) is 0. The van der Waals surface area contributed by atoms with Crippen molar-refractivity contribution < 1.29 is 0 Å². The molecule has 1 atom stereocenters. The molecule has 0 spiro atoms. The van der Waals surface area contributed by atoms with Gasteiger partial charge in [0.1, 0.15) is 0 Å². The van der Waals surface area contributed by atoms with E-state index in [1.165, 1.54) is 22.3 Å². The molecule has 19 heavy (non-hydrogen) atoms. The van der Waals surface area contributed by atoms with Crippen LogP contribution in [0.4, 0.5) is 0 Å². The fraction of sp³-hybridized carbons (Fsp3) is 0.294. The predicted molar refractivity (Wildman–Crippen MR) is 82.6 cm³/mol. The smallest absolute Gasteiger partial charge is 0.0406 e. The normalized spacial score (nSPS) is 12.4. The van der Waals surface area contributed by atoms with Crippen molar-refractivity contribution in [2.24, 2.45) is 0 Å². The van der Waals surface area contributed by atoms with Gasteiger partial charge >= 0.3 is 0 Å². The summed E-state index contributed by atoms with van der Waals surface area (Å²) in [7, 11) is 0. The van der Waals surface area contributed by atoms with E-state index < -0.39 is 0 Å². The Morgan fingerprint density at radius 1 is 1.05 bits per heavy atom. The van der Waals surface area contributed by atoms with E-state index in [0.717, 1.165) is 11.6 Å². The van der Waals surface area contributed by atoms with E-state index in [-0.39, 0.29) is 0 Å². The van der Waals surface area contributed by atoms with Crippen LogP contribution >= 0.6 is 11.6 Å². The number of hydrogen-bond acceptors (Lipinski definition) is 1. The van der Waals surface area contributed by atoms with Crippen LogP contribution in [0.1, 0.15) is 35.2 Å². The molecule has 0 bridgehead atoms. The minimum Gasteiger partial charge on any atom is -0.306 e. The Labute approximate surface area is 120 Å². The third kappa shape index (κ3) is 3.82. The van der Waals surface area contributed by atoms with Crippen LogP contribution in [0.25, 0.3) is 0 Å². The number of benzene rings is 2. The molecule has 0 heterocycles. The van der Waals surface area contributed by atoms with Gasteiger partial charge < -0.3 is 5.32 Å². The van der Waals surface area contributed by atoms with Crippen LogP contribution in [0.2, 0.25) is 5.02 Å². The van der Waals surface area contributed by atoms with Gasteiger partial charge in [-0.15, -0.1) is 0 Å². The first-order chi connectivity index (χ1) is 9.06. The van der Waals surface area contributed by atoms with Gasteiger partial charge in [-0.25, -0.2) is 0 Å². The van der Waals surface area contributed by atoms with Gasteiger partial charge in [-0.05, 0) is 49.6 Å². The monoisotopic (exact) mass is 273 g/mol. The first kappa shape index (κ1) is 14.1. The standard InChI is InChI=1S/C17H20ClN/c1-12-4-5-16(13(2)10-12)11-19-14(3)15-6-8-17(18)9-7-15/h4-10,14,19H,11H2,1-3H3/t14-/m0/s1. The number of halogens is 1. The van der Waals surface area contributed by atoms with Crippen LogP contribution < -0.4 is 5.32 Å². The minimum absolute atomic E-state index is 0.318. The Morgan fingerprint density at radius 2 is 1.74 bits per heavy atom. The summed E-state index contributed by atoms with van der Waals surface area (Å²) in [4.78, 5) is 0. The summed E-state index contributed by atoms with van der Waals surface area (Å²) in [5.41, 5.74) is 5.27. The molecule has 0 radical (unpaired) electrons. The van der Waals surface area contributed by atoms with Crippen molar-refractivity contribution in [1.82, 2.24) is 5.32 Å². The molecule has 0 fully saturated rings. The Morgan fingerprint density at radius 3 is 2.37 bits per heavy atom. The molecular formula is C17H20ClN. The van der Waals surface area contributed by atoms with E-state index in [0.29, 0.717) is 6.04 Å². The molecule has 1 nitrogen and oxygen atoms in total. The molecule has 0 aromatic heterocycles. The van der Waals surface area contributed by atoms with Crippen molar-refractivity contribution in [1.29, 1.82) is 0 Å². The quantitative estimate of drug-likeness (QED) is 0.843. The molecule has 2 aromatic rings. The Kier molecular flexibility index (Phi) is 4.62. The summed E-state index contributed by atoms with van der Waals surface area (Å²) in [6, 6.07) is 14.9. The number of hydrogen-bond donors (Lipinski definition) is 1. The lowest BCUT2D eigenvalue weighted by molar-refractivity contribution is 0.573. The largest absolute Gasteiger partial charge is 0.306 e. The Bertz CT molecular complexity index is 546. The van der Waals surface area contributed by atoms with Crippen molar-refractivity contribution >= 4 is 11.6 Å². The maximum atomic E-state index is 5.90. The number of rotatable bonds is 4. The molecule has 0 aliphatic heterocycles. The molecule has 2 rings (SSSR count). The highest BCUT2D eigenvalue weighted by Gasteiger charge is 2.05. The lowest BCUT2D eigenvalue weighted by Gasteiger charge is -2.15. The van der Waals surface area contributed by atoms with Gasteiger partial charge in [0.2, 0.25) is 0 Å². The number of aryl methyl sites for hydroxylation is 2. The molecule has 0 aliphatic carbocycles. The predicted octanol–water partition coefficient (Wildman–Crippen LogP) is 4.81. The Hall–Kier alpha value is -1.31. The zero-order valence-corrected chi connectivity index (χ0v) is 12.5. The van der Waals surface area contributed by atoms with Gasteiger partial charge in [0.05, 0.1) is 0 Å². The van der Waals surface area contributed by atoms with E-state index in [1.807, 2.05) is 12.1 Å². The van der Waals surface area contributed by atoms with Crippen molar-refractivity contribution in [2.75, 3.05) is 0 Å². The van der Waals surface area contributed by atoms with E-state index >= 15 is 0 Å². The highest BCUT2D eigenvalue weighted by atomic mass is 35.5. The molecule has 0 amide bonds. The summed E-state index contributed by atoms with van der Waals surface area (Å²) in [6.45, 7) is 7.35. The average Bonchev–Trinajstić information content (AvgIpc) is 2.38. The second kappa shape index (κ2) is 6.23. The summed E-state index contributed by atoms with van der Waals surface area (Å²) >= 11 is 5.90. The van der Waals surface area contributed by atoms with Crippen molar-refractivity contribution in [3.8, 4) is 0 Å². The minimum atomic E-state index is 0.318. The van der Waals surface area contributed by atoms with E-state index in [1.54, 1.807) is 0 Å². The van der Waals surface area contributed by atoms with Crippen LogP contribution in [-0.4, -0.2) is 0 Å². The van der Waals surface area contributed by atoms with Gasteiger partial charge in [0, 0.05) is 17.6 Å². The highest BCUT2D eigenvalue weighted by molar-refractivity contribution is 6.30. The van der Waals surface area contributed by atoms with Crippen LogP contribution in [0.15, 0.2) is 42.5 Å². The van der Waals surface area contributed by atoms with E-state index in [9.17, 15) is 0 Å². The Balaban J connectivity index is 2.00. The zero-order valence-electron chi connectivity index (χ0n) is 11.7. The molecular weight excluding hydrogens is 254 g/mol. The van der Waals surface area contributed by atoms with Crippen molar-refractivity contribution in [3.63, 3.8) is 0 Å². The first-order valence-electron chi connectivity index (χ1n) is 6.61. The zero-order chi connectivity index (χ0) is 13.8. The number of nitrogens with one attached hydrogen (secondary N) is 1. The molecule has 0 saturated carbocycles. The second-order valence-electron chi connectivity index (χ2n) is 5.08. The second-order valence-corrected chi connectivity index (χ2v) is 5.52. The molecule has 2 aromatic carbocycles. The van der Waals surface area contributed by atoms with Crippen LogP contribution in [0.3, 0.4) is 0 Å². The lowest BCUT2D eigenvalue weighted by atomic mass is 10.0. The van der Waals surface area contributed by atoms with E-state index in [2.05, 4.69) is 56.4 Å². The van der Waals surface area contributed by atoms with Crippen LogP contribution in [0, 0.1) is 13.8 Å². The van der Waals surface area contributed by atoms with Gasteiger partial charge in [-0.1, -0.05) is 47.5 Å².